The van der Waals surface area contributed by atoms with Crippen molar-refractivity contribution in [2.75, 3.05) is 0 Å². The minimum absolute atomic E-state index is 0.0312. The van der Waals surface area contributed by atoms with E-state index in [-0.39, 0.29) is 5.60 Å². The van der Waals surface area contributed by atoms with Crippen LogP contribution in [-0.2, 0) is 4.43 Å². The molecular weight excluding hydrogens is 454 g/mol. The van der Waals surface area contributed by atoms with Crippen LogP contribution in [0.3, 0.4) is 0 Å². The fourth-order valence-electron chi connectivity index (χ4n) is 8.78. The Kier molecular flexibility index (Phi) is 10.6. The number of fused-ring (bicyclic) bond motifs is 1. The molecule has 2 nitrogen and oxygen atoms in total. The van der Waals surface area contributed by atoms with Crippen LogP contribution in [0.15, 0.2) is 23.3 Å². The molecule has 3 aliphatic carbocycles. The molecule has 3 rings (SSSR count). The molecule has 0 aromatic rings. The average Bonchev–Trinajstić information content (AvgIpc) is 3.18. The molecule has 0 aromatic heterocycles. The zero-order valence-electron chi connectivity index (χ0n) is 25.4. The highest BCUT2D eigenvalue weighted by atomic mass is 28.4. The smallest absolute Gasteiger partial charge is 0.192 e. The summed E-state index contributed by atoms with van der Waals surface area (Å²) in [5.74, 6) is 3.24. The average molecular weight is 516 g/mol. The van der Waals surface area contributed by atoms with Crippen molar-refractivity contribution >= 4 is 8.32 Å². The van der Waals surface area contributed by atoms with Crippen LogP contribution in [0.1, 0.15) is 126 Å². The van der Waals surface area contributed by atoms with Crippen LogP contribution in [0.4, 0.5) is 0 Å². The SMILES string of the molecule is CC[Si](CC)(CC)OC(C)(C)CCC[C@@H](C)[C@H]1CC[C@H]2/C(=C/C=C3/C[C@@H](C)C[C@H](N)C3)CCC[C@]12C. The third-order valence-electron chi connectivity index (χ3n) is 11.0. The first-order valence-electron chi connectivity index (χ1n) is 15.8. The molecule has 3 fully saturated rings. The Morgan fingerprint density at radius 2 is 1.81 bits per heavy atom. The first-order chi connectivity index (χ1) is 17.0. The zero-order valence-corrected chi connectivity index (χ0v) is 26.4. The van der Waals surface area contributed by atoms with Gasteiger partial charge in [0.05, 0.1) is 5.60 Å². The van der Waals surface area contributed by atoms with Crippen LogP contribution in [0.5, 0.6) is 0 Å². The summed E-state index contributed by atoms with van der Waals surface area (Å²) in [6.45, 7) is 19.4. The quantitative estimate of drug-likeness (QED) is 0.278. The largest absolute Gasteiger partial charge is 0.412 e. The predicted octanol–water partition coefficient (Wildman–Crippen LogP) is 9.81. The summed E-state index contributed by atoms with van der Waals surface area (Å²) < 4.78 is 6.91. The van der Waals surface area contributed by atoms with Crippen LogP contribution in [0.25, 0.3) is 0 Å². The molecule has 0 spiro atoms. The minimum Gasteiger partial charge on any atom is -0.412 e. The summed E-state index contributed by atoms with van der Waals surface area (Å²) in [7, 11) is -1.54. The number of hydrogen-bond donors (Lipinski definition) is 1. The van der Waals surface area contributed by atoms with Gasteiger partial charge in [0.25, 0.3) is 0 Å². The van der Waals surface area contributed by atoms with Crippen molar-refractivity contribution in [2.45, 2.75) is 156 Å². The van der Waals surface area contributed by atoms with Gasteiger partial charge in [0.1, 0.15) is 0 Å². The van der Waals surface area contributed by atoms with Crippen molar-refractivity contribution in [1.82, 2.24) is 0 Å². The number of hydrogen-bond acceptors (Lipinski definition) is 2. The molecule has 0 aromatic carbocycles. The lowest BCUT2D eigenvalue weighted by Gasteiger charge is -2.44. The van der Waals surface area contributed by atoms with E-state index in [1.165, 1.54) is 82.3 Å². The summed E-state index contributed by atoms with van der Waals surface area (Å²) in [5.41, 5.74) is 10.2. The molecule has 208 valence electrons. The summed E-state index contributed by atoms with van der Waals surface area (Å²) in [6.07, 6.45) is 19.4. The lowest BCUT2D eigenvalue weighted by Crippen LogP contribution is -2.44. The van der Waals surface area contributed by atoms with Crippen molar-refractivity contribution in [1.29, 1.82) is 0 Å². The molecule has 0 radical (unpaired) electrons. The van der Waals surface area contributed by atoms with Crippen molar-refractivity contribution in [2.24, 2.45) is 34.8 Å². The van der Waals surface area contributed by atoms with E-state index in [2.05, 4.69) is 67.5 Å². The van der Waals surface area contributed by atoms with Gasteiger partial charge in [-0.25, -0.2) is 0 Å². The van der Waals surface area contributed by atoms with Gasteiger partial charge in [-0.2, -0.15) is 0 Å². The van der Waals surface area contributed by atoms with Crippen LogP contribution in [0.2, 0.25) is 18.1 Å². The van der Waals surface area contributed by atoms with E-state index >= 15 is 0 Å². The highest BCUT2D eigenvalue weighted by Crippen LogP contribution is 2.60. The first-order valence-corrected chi connectivity index (χ1v) is 18.3. The summed E-state index contributed by atoms with van der Waals surface area (Å²) in [5, 5.41) is 0. The first kappa shape index (κ1) is 30.2. The predicted molar refractivity (Wildman–Crippen MR) is 161 cm³/mol. The molecule has 0 aliphatic heterocycles. The second-order valence-electron chi connectivity index (χ2n) is 14.1. The Labute approximate surface area is 226 Å². The minimum atomic E-state index is -1.54. The van der Waals surface area contributed by atoms with E-state index in [0.717, 1.165) is 30.1 Å². The van der Waals surface area contributed by atoms with Gasteiger partial charge in [0.15, 0.2) is 8.32 Å². The van der Waals surface area contributed by atoms with Crippen LogP contribution in [0, 0.1) is 29.1 Å². The summed E-state index contributed by atoms with van der Waals surface area (Å²) >= 11 is 0. The maximum atomic E-state index is 6.91. The molecule has 2 N–H and O–H groups in total. The van der Waals surface area contributed by atoms with Gasteiger partial charge in [-0.15, -0.1) is 0 Å². The summed E-state index contributed by atoms with van der Waals surface area (Å²) in [6, 6.07) is 4.12. The normalized spacial score (nSPS) is 34.8. The van der Waals surface area contributed by atoms with Gasteiger partial charge >= 0.3 is 0 Å². The molecule has 0 unspecified atom stereocenters. The van der Waals surface area contributed by atoms with Crippen LogP contribution >= 0.6 is 0 Å². The lowest BCUT2D eigenvalue weighted by molar-refractivity contribution is 0.0704. The number of nitrogens with two attached hydrogens (primary N) is 1. The number of rotatable bonds is 11. The van der Waals surface area contributed by atoms with Gasteiger partial charge in [-0.3, -0.25) is 0 Å². The Bertz CT molecular complexity index is 745. The maximum absolute atomic E-state index is 6.91. The third kappa shape index (κ3) is 7.17. The Balaban J connectivity index is 1.59. The standard InChI is InChI=1S/C33H61NOSi/c1-9-36(10-2,11-3)35-32(6,7)20-12-14-26(5)30-18-19-31-28(15-13-21-33(30,31)8)17-16-27-22-25(4)23-29(34)24-27/h16-17,25-26,29-31H,9-15,18-24,34H2,1-8H3/b27-16-,28-17+/t25-,26-,29+,30-,31+,33-/m1/s1. The fraction of sp³-hybridized carbons (Fsp3) is 0.879. The number of allylic oxidation sites excluding steroid dienone is 3. The second kappa shape index (κ2) is 12.6. The van der Waals surface area contributed by atoms with Gasteiger partial charge < -0.3 is 10.2 Å². The molecule has 0 heterocycles. The molecule has 36 heavy (non-hydrogen) atoms. The highest BCUT2D eigenvalue weighted by Gasteiger charge is 2.50. The highest BCUT2D eigenvalue weighted by molar-refractivity contribution is 6.73. The Morgan fingerprint density at radius 1 is 1.11 bits per heavy atom. The molecule has 3 aliphatic rings. The van der Waals surface area contributed by atoms with Crippen LogP contribution < -0.4 is 5.73 Å². The second-order valence-corrected chi connectivity index (χ2v) is 18.8. The molecular formula is C33H61NOSi. The molecule has 3 saturated carbocycles. The van der Waals surface area contributed by atoms with Gasteiger partial charge in [0.2, 0.25) is 0 Å². The Morgan fingerprint density at radius 3 is 2.44 bits per heavy atom. The molecule has 0 saturated heterocycles. The van der Waals surface area contributed by atoms with E-state index in [0.29, 0.717) is 11.5 Å². The van der Waals surface area contributed by atoms with Gasteiger partial charge in [0, 0.05) is 6.04 Å². The zero-order chi connectivity index (χ0) is 26.6. The summed E-state index contributed by atoms with van der Waals surface area (Å²) in [4.78, 5) is 0. The molecule has 3 heteroatoms. The van der Waals surface area contributed by atoms with Crippen molar-refractivity contribution in [3.8, 4) is 0 Å². The van der Waals surface area contributed by atoms with Gasteiger partial charge in [-0.1, -0.05) is 77.7 Å². The van der Waals surface area contributed by atoms with E-state index in [4.69, 9.17) is 10.2 Å². The van der Waals surface area contributed by atoms with Crippen molar-refractivity contribution in [3.63, 3.8) is 0 Å². The molecule has 0 amide bonds. The van der Waals surface area contributed by atoms with Crippen LogP contribution in [-0.4, -0.2) is 20.0 Å². The monoisotopic (exact) mass is 515 g/mol. The van der Waals surface area contributed by atoms with Crippen molar-refractivity contribution < 1.29 is 4.43 Å². The topological polar surface area (TPSA) is 35.2 Å². The molecule has 0 bridgehead atoms. The maximum Gasteiger partial charge on any atom is 0.192 e. The van der Waals surface area contributed by atoms with Gasteiger partial charge in [-0.05, 0) is 119 Å². The van der Waals surface area contributed by atoms with E-state index < -0.39 is 8.32 Å². The van der Waals surface area contributed by atoms with Crippen molar-refractivity contribution in [3.05, 3.63) is 23.3 Å². The Hall–Kier alpha value is -0.383. The molecule has 6 atom stereocenters. The fourth-order valence-corrected chi connectivity index (χ4v) is 12.0. The van der Waals surface area contributed by atoms with E-state index in [1.807, 2.05) is 0 Å². The van der Waals surface area contributed by atoms with E-state index in [1.54, 1.807) is 11.1 Å². The lowest BCUT2D eigenvalue weighted by atomic mass is 9.60. The van der Waals surface area contributed by atoms with E-state index in [9.17, 15) is 0 Å². The third-order valence-corrected chi connectivity index (χ3v) is 15.8.